The number of aromatic nitrogens is 7. The van der Waals surface area contributed by atoms with Gasteiger partial charge in [-0.2, -0.15) is 0 Å². The van der Waals surface area contributed by atoms with Gasteiger partial charge in [0.05, 0.1) is 50.7 Å². The Morgan fingerprint density at radius 1 is 0.181 bits per heavy atom. The van der Waals surface area contributed by atoms with E-state index in [2.05, 4.69) is 279 Å². The highest BCUT2D eigenvalue weighted by Gasteiger charge is 2.20. The Labute approximate surface area is 541 Å². The van der Waals surface area contributed by atoms with Gasteiger partial charge < -0.3 is 0 Å². The molecule has 0 bridgehead atoms. The third-order valence-electron chi connectivity index (χ3n) is 18.3. The molecule has 18 rings (SSSR count). The third-order valence-corrected chi connectivity index (χ3v) is 18.3. The van der Waals surface area contributed by atoms with Crippen molar-refractivity contribution in [1.82, 2.24) is 34.9 Å². The molecule has 0 fully saturated rings. The fourth-order valence-electron chi connectivity index (χ4n) is 13.7. The van der Waals surface area contributed by atoms with Crippen LogP contribution >= 0.6 is 0 Å². The molecule has 5 aromatic heterocycles. The molecular weight excluding hydrogens is 1140 g/mol. The zero-order valence-corrected chi connectivity index (χ0v) is 50.7. The molecule has 0 aliphatic rings. The van der Waals surface area contributed by atoms with Crippen LogP contribution in [0.3, 0.4) is 0 Å². The number of pyridine rings is 3. The summed E-state index contributed by atoms with van der Waals surface area (Å²) in [6.45, 7) is 0. The van der Waals surface area contributed by atoms with Gasteiger partial charge in [-0.05, 0) is 122 Å². The molecule has 0 unspecified atom stereocenters. The molecule has 0 N–H and O–H groups in total. The minimum absolute atomic E-state index is 0.633. The molecule has 94 heavy (non-hydrogen) atoms. The molecule has 18 aromatic rings. The van der Waals surface area contributed by atoms with Gasteiger partial charge in [-0.15, -0.1) is 0 Å². The fraction of sp³-hybridized carbons (Fsp3) is 0. The second kappa shape index (κ2) is 22.6. The predicted molar refractivity (Wildman–Crippen MR) is 388 cm³/mol. The first kappa shape index (κ1) is 54.2. The van der Waals surface area contributed by atoms with E-state index in [9.17, 15) is 0 Å². The Morgan fingerprint density at radius 2 is 0.649 bits per heavy atom. The normalized spacial score (nSPS) is 11.6. The first-order chi connectivity index (χ1) is 46.5. The van der Waals surface area contributed by atoms with Crippen LogP contribution in [-0.4, -0.2) is 34.9 Å². The molecule has 0 radical (unpaired) electrons. The minimum atomic E-state index is 0.633. The lowest BCUT2D eigenvalue weighted by molar-refractivity contribution is 1.16. The molecule has 436 valence electrons. The topological polar surface area (TPSA) is 90.2 Å². The number of rotatable bonds is 10. The van der Waals surface area contributed by atoms with Crippen molar-refractivity contribution in [2.24, 2.45) is 0 Å². The average molecular weight is 1200 g/mol. The maximum Gasteiger partial charge on any atom is 0.160 e. The maximum absolute atomic E-state index is 5.58. The van der Waals surface area contributed by atoms with Crippen molar-refractivity contribution in [3.8, 4) is 113 Å². The van der Waals surface area contributed by atoms with Gasteiger partial charge in [-0.1, -0.05) is 249 Å². The van der Waals surface area contributed by atoms with E-state index in [4.69, 9.17) is 34.9 Å². The monoisotopic (exact) mass is 1200 g/mol. The van der Waals surface area contributed by atoms with Crippen LogP contribution < -0.4 is 0 Å². The lowest BCUT2D eigenvalue weighted by Crippen LogP contribution is -1.97. The number of hydrogen-bond acceptors (Lipinski definition) is 7. The first-order valence-electron chi connectivity index (χ1n) is 31.7. The lowest BCUT2D eigenvalue weighted by atomic mass is 9.92. The molecule has 7 nitrogen and oxygen atoms in total. The number of fused-ring (bicyclic) bond motifs is 11. The molecular formula is C87H53N7. The molecule has 13 aromatic carbocycles. The summed E-state index contributed by atoms with van der Waals surface area (Å²) in [5.74, 6) is 1.28. The molecule has 0 aliphatic heterocycles. The van der Waals surface area contributed by atoms with Gasteiger partial charge in [0.2, 0.25) is 0 Å². The lowest BCUT2D eigenvalue weighted by Gasteiger charge is -2.15. The summed E-state index contributed by atoms with van der Waals surface area (Å²) in [5.41, 5.74) is 20.2. The van der Waals surface area contributed by atoms with Gasteiger partial charge in [0.15, 0.2) is 11.6 Å². The molecule has 0 aliphatic carbocycles. The van der Waals surface area contributed by atoms with E-state index in [-0.39, 0.29) is 0 Å². The van der Waals surface area contributed by atoms with Crippen LogP contribution in [0.15, 0.2) is 322 Å². The zero-order valence-electron chi connectivity index (χ0n) is 50.7. The standard InChI is InChI=1S/C87H53N7/c1-3-18-54(19-4-1)60-24-17-29-67(50-60)87-91-78(53-80(93-87)77-34-13-14-47-88-77)65-27-15-25-61(48-65)62-26-16-28-66(49-62)85-73-45-40-56-21-8-10-31-69(56)82(73)74-51-63(42-46-76(74)90-85)64-41-43-71-79(52-64)92-86(94-83(71)57-22-5-2-6-23-57)59-37-35-58(36-38-59)84-72-44-39-55-20-7-9-30-68(55)81(72)70-32-11-12-33-75(70)89-84/h1-53H. The fourth-order valence-corrected chi connectivity index (χ4v) is 13.7. The van der Waals surface area contributed by atoms with Crippen LogP contribution in [0.25, 0.3) is 188 Å². The Kier molecular flexibility index (Phi) is 13.1. The van der Waals surface area contributed by atoms with Crippen molar-refractivity contribution in [3.63, 3.8) is 0 Å². The molecule has 0 amide bonds. The molecule has 0 saturated carbocycles. The smallest absolute Gasteiger partial charge is 0.160 e. The van der Waals surface area contributed by atoms with E-state index >= 15 is 0 Å². The number of benzene rings is 13. The second-order valence-electron chi connectivity index (χ2n) is 23.9. The Bertz CT molecular complexity index is 6020. The van der Waals surface area contributed by atoms with Crippen LogP contribution in [0.4, 0.5) is 0 Å². The number of para-hydroxylation sites is 1. The summed E-state index contributed by atoms with van der Waals surface area (Å²) in [5, 5.41) is 12.5. The van der Waals surface area contributed by atoms with Gasteiger partial charge >= 0.3 is 0 Å². The van der Waals surface area contributed by atoms with Gasteiger partial charge in [-0.25, -0.2) is 29.9 Å². The summed E-state index contributed by atoms with van der Waals surface area (Å²) in [4.78, 5) is 36.7. The van der Waals surface area contributed by atoms with Crippen LogP contribution in [0, 0.1) is 0 Å². The predicted octanol–water partition coefficient (Wildman–Crippen LogP) is 22.2. The summed E-state index contributed by atoms with van der Waals surface area (Å²) < 4.78 is 0. The van der Waals surface area contributed by atoms with E-state index in [1.807, 2.05) is 36.4 Å². The van der Waals surface area contributed by atoms with Crippen molar-refractivity contribution in [3.05, 3.63) is 322 Å². The van der Waals surface area contributed by atoms with Crippen LogP contribution in [0.5, 0.6) is 0 Å². The van der Waals surface area contributed by atoms with Crippen molar-refractivity contribution in [2.75, 3.05) is 0 Å². The van der Waals surface area contributed by atoms with Crippen LogP contribution in [0.2, 0.25) is 0 Å². The van der Waals surface area contributed by atoms with Crippen molar-refractivity contribution in [1.29, 1.82) is 0 Å². The quantitative estimate of drug-likeness (QED) is 0.126. The van der Waals surface area contributed by atoms with Crippen molar-refractivity contribution >= 4 is 75.8 Å². The van der Waals surface area contributed by atoms with Gasteiger partial charge in [0, 0.05) is 77.3 Å². The highest BCUT2D eigenvalue weighted by molar-refractivity contribution is 6.24. The van der Waals surface area contributed by atoms with Crippen LogP contribution in [-0.2, 0) is 0 Å². The molecule has 5 heterocycles. The van der Waals surface area contributed by atoms with Crippen molar-refractivity contribution < 1.29 is 0 Å². The highest BCUT2D eigenvalue weighted by Crippen LogP contribution is 2.43. The Morgan fingerprint density at radius 3 is 1.37 bits per heavy atom. The van der Waals surface area contributed by atoms with E-state index in [1.165, 1.54) is 26.9 Å². The molecule has 0 spiro atoms. The average Bonchev–Trinajstić information content (AvgIpc) is 0.751. The van der Waals surface area contributed by atoms with Gasteiger partial charge in [0.1, 0.15) is 0 Å². The Hall–Kier alpha value is -12.7. The SMILES string of the molecule is c1ccc(-c2cccc(-c3nc(-c4cccc(-c5cccc(-c6nc7ccc(-c8ccc9c(-c%10ccccc%10)nc(-c%10ccc(-c%11nc%12ccccc%12c%12c%11ccc%11ccccc%11%12)cc%10)nc9c8)cc7c7c6ccc6ccccc67)c5)c4)cc(-c4ccccn4)n3)c2)cc1. The number of hydrogen-bond donors (Lipinski definition) is 0. The summed E-state index contributed by atoms with van der Waals surface area (Å²) in [7, 11) is 0. The van der Waals surface area contributed by atoms with Gasteiger partial charge in [0.25, 0.3) is 0 Å². The van der Waals surface area contributed by atoms with Crippen molar-refractivity contribution in [2.45, 2.75) is 0 Å². The Balaban J connectivity index is 0.718. The molecule has 0 atom stereocenters. The van der Waals surface area contributed by atoms with E-state index in [0.717, 1.165) is 150 Å². The largest absolute Gasteiger partial charge is 0.255 e. The van der Waals surface area contributed by atoms with E-state index in [0.29, 0.717) is 11.6 Å². The summed E-state index contributed by atoms with van der Waals surface area (Å²) >= 11 is 0. The second-order valence-corrected chi connectivity index (χ2v) is 23.9. The summed E-state index contributed by atoms with van der Waals surface area (Å²) in [6, 6.07) is 111. The first-order valence-corrected chi connectivity index (χ1v) is 31.7. The third kappa shape index (κ3) is 9.66. The highest BCUT2D eigenvalue weighted by atomic mass is 14.9. The molecule has 0 saturated heterocycles. The molecule has 7 heteroatoms. The summed E-state index contributed by atoms with van der Waals surface area (Å²) in [6.07, 6.45) is 1.81. The van der Waals surface area contributed by atoms with E-state index in [1.54, 1.807) is 6.20 Å². The maximum atomic E-state index is 5.58. The zero-order chi connectivity index (χ0) is 62.1. The minimum Gasteiger partial charge on any atom is -0.255 e. The van der Waals surface area contributed by atoms with E-state index < -0.39 is 0 Å². The van der Waals surface area contributed by atoms with Crippen LogP contribution in [0.1, 0.15) is 0 Å². The van der Waals surface area contributed by atoms with Gasteiger partial charge in [-0.3, -0.25) is 4.98 Å². The number of nitrogens with zero attached hydrogens (tertiary/aromatic N) is 7.